The lowest BCUT2D eigenvalue weighted by Gasteiger charge is -2.30. The highest BCUT2D eigenvalue weighted by Gasteiger charge is 2.30. The Morgan fingerprint density at radius 1 is 1.15 bits per heavy atom. The molecular weight excluding hydrogens is 366 g/mol. The first-order chi connectivity index (χ1) is 13.1. The monoisotopic (exact) mass is 387 g/mol. The Morgan fingerprint density at radius 2 is 1.96 bits per heavy atom. The van der Waals surface area contributed by atoms with E-state index in [1.54, 1.807) is 18.5 Å². The predicted octanol–water partition coefficient (Wildman–Crippen LogP) is 2.81. The fourth-order valence-electron chi connectivity index (χ4n) is 3.50. The Bertz CT molecular complexity index is 998. The Morgan fingerprint density at radius 3 is 2.74 bits per heavy atom. The SMILES string of the molecule is O=S(=O)(Cc1noc2ccccc12)N[C@@H](c1cccnc1)C1CCOCC1. The number of fused-ring (bicyclic) bond motifs is 1. The number of hydrogen-bond acceptors (Lipinski definition) is 6. The molecule has 27 heavy (non-hydrogen) atoms. The average molecular weight is 387 g/mol. The van der Waals surface area contributed by atoms with E-state index in [1.807, 2.05) is 30.3 Å². The summed E-state index contributed by atoms with van der Waals surface area (Å²) in [5, 5.41) is 4.66. The Labute approximate surface area is 157 Å². The molecule has 1 aliphatic rings. The lowest BCUT2D eigenvalue weighted by Crippen LogP contribution is -2.36. The number of benzene rings is 1. The van der Waals surface area contributed by atoms with E-state index in [0.29, 0.717) is 29.9 Å². The third-order valence-electron chi connectivity index (χ3n) is 4.87. The molecule has 0 spiro atoms. The van der Waals surface area contributed by atoms with Gasteiger partial charge in [-0.05, 0) is 42.5 Å². The fourth-order valence-corrected chi connectivity index (χ4v) is 4.87. The smallest absolute Gasteiger partial charge is 0.218 e. The van der Waals surface area contributed by atoms with Gasteiger partial charge in [0.05, 0.1) is 6.04 Å². The van der Waals surface area contributed by atoms with Crippen molar-refractivity contribution in [1.29, 1.82) is 0 Å². The van der Waals surface area contributed by atoms with Crippen LogP contribution in [0, 0.1) is 5.92 Å². The van der Waals surface area contributed by atoms with Crippen LogP contribution in [0.25, 0.3) is 11.0 Å². The van der Waals surface area contributed by atoms with Crippen molar-refractivity contribution in [3.63, 3.8) is 0 Å². The second kappa shape index (κ2) is 7.75. The second-order valence-corrected chi connectivity index (χ2v) is 8.47. The van der Waals surface area contributed by atoms with Crippen LogP contribution in [0.5, 0.6) is 0 Å². The highest BCUT2D eigenvalue weighted by Crippen LogP contribution is 2.31. The van der Waals surface area contributed by atoms with Crippen LogP contribution in [0.3, 0.4) is 0 Å². The van der Waals surface area contributed by atoms with Crippen molar-refractivity contribution in [2.45, 2.75) is 24.6 Å². The van der Waals surface area contributed by atoms with Crippen LogP contribution in [-0.2, 0) is 20.5 Å². The third-order valence-corrected chi connectivity index (χ3v) is 6.13. The molecule has 3 heterocycles. The highest BCUT2D eigenvalue weighted by molar-refractivity contribution is 7.88. The van der Waals surface area contributed by atoms with E-state index >= 15 is 0 Å². The molecule has 0 saturated carbocycles. The lowest BCUT2D eigenvalue weighted by atomic mass is 9.88. The summed E-state index contributed by atoms with van der Waals surface area (Å²) >= 11 is 0. The van der Waals surface area contributed by atoms with E-state index in [1.165, 1.54) is 0 Å². The van der Waals surface area contributed by atoms with E-state index in [4.69, 9.17) is 9.26 Å². The minimum absolute atomic E-state index is 0.159. The largest absolute Gasteiger partial charge is 0.381 e. The first-order valence-electron chi connectivity index (χ1n) is 8.93. The summed E-state index contributed by atoms with van der Waals surface area (Å²) in [7, 11) is -3.63. The van der Waals surface area contributed by atoms with Crippen LogP contribution in [0.15, 0.2) is 53.3 Å². The van der Waals surface area contributed by atoms with E-state index in [9.17, 15) is 8.42 Å². The molecule has 3 aromatic rings. The minimum Gasteiger partial charge on any atom is -0.381 e. The predicted molar refractivity (Wildman–Crippen MR) is 100 cm³/mol. The molecule has 1 N–H and O–H groups in total. The summed E-state index contributed by atoms with van der Waals surface area (Å²) in [6.07, 6.45) is 5.00. The Balaban J connectivity index is 1.59. The van der Waals surface area contributed by atoms with Crippen LogP contribution in [0.4, 0.5) is 0 Å². The Kier molecular flexibility index (Phi) is 5.20. The minimum atomic E-state index is -3.63. The fraction of sp³-hybridized carbons (Fsp3) is 0.368. The van der Waals surface area contributed by atoms with Crippen molar-refractivity contribution >= 4 is 21.0 Å². The number of ether oxygens (including phenoxy) is 1. The van der Waals surface area contributed by atoms with Crippen LogP contribution < -0.4 is 4.72 Å². The van der Waals surface area contributed by atoms with Gasteiger partial charge in [0.1, 0.15) is 11.4 Å². The molecule has 0 aliphatic carbocycles. The average Bonchev–Trinajstić information content (AvgIpc) is 3.10. The molecule has 1 aromatic carbocycles. The molecule has 7 nitrogen and oxygen atoms in total. The van der Waals surface area contributed by atoms with Gasteiger partial charge in [0, 0.05) is 31.0 Å². The van der Waals surface area contributed by atoms with E-state index in [2.05, 4.69) is 14.9 Å². The molecule has 2 aromatic heterocycles. The number of aromatic nitrogens is 2. The van der Waals surface area contributed by atoms with Gasteiger partial charge in [-0.15, -0.1) is 0 Å². The van der Waals surface area contributed by atoms with Crippen molar-refractivity contribution in [2.75, 3.05) is 13.2 Å². The van der Waals surface area contributed by atoms with Gasteiger partial charge in [0.2, 0.25) is 10.0 Å². The van der Waals surface area contributed by atoms with Crippen LogP contribution in [0.2, 0.25) is 0 Å². The number of sulfonamides is 1. The first kappa shape index (κ1) is 18.1. The highest BCUT2D eigenvalue weighted by atomic mass is 32.2. The summed E-state index contributed by atoms with van der Waals surface area (Å²) in [6, 6.07) is 10.6. The van der Waals surface area contributed by atoms with Crippen LogP contribution in [-0.4, -0.2) is 31.8 Å². The molecule has 1 fully saturated rings. The zero-order valence-corrected chi connectivity index (χ0v) is 15.6. The summed E-state index contributed by atoms with van der Waals surface area (Å²) in [5.74, 6) is -0.0731. The quantitative estimate of drug-likeness (QED) is 0.699. The van der Waals surface area contributed by atoms with Crippen LogP contribution in [0.1, 0.15) is 30.1 Å². The van der Waals surface area contributed by atoms with Gasteiger partial charge in [-0.3, -0.25) is 4.98 Å². The molecule has 1 atom stereocenters. The number of para-hydroxylation sites is 1. The molecular formula is C19H21N3O4S. The maximum Gasteiger partial charge on any atom is 0.218 e. The van der Waals surface area contributed by atoms with Gasteiger partial charge in [-0.2, -0.15) is 0 Å². The molecule has 0 bridgehead atoms. The molecule has 8 heteroatoms. The lowest BCUT2D eigenvalue weighted by molar-refractivity contribution is 0.0564. The van der Waals surface area contributed by atoms with E-state index in [0.717, 1.165) is 18.4 Å². The number of nitrogens with one attached hydrogen (secondary N) is 1. The van der Waals surface area contributed by atoms with Gasteiger partial charge < -0.3 is 9.26 Å². The zero-order chi connectivity index (χ0) is 18.7. The Hall–Kier alpha value is -2.29. The normalized spacial score (nSPS) is 17.2. The van der Waals surface area contributed by atoms with Crippen molar-refractivity contribution in [2.24, 2.45) is 5.92 Å². The second-order valence-electron chi connectivity index (χ2n) is 6.72. The molecule has 4 rings (SSSR count). The van der Waals surface area contributed by atoms with Crippen molar-refractivity contribution < 1.29 is 17.7 Å². The van der Waals surface area contributed by atoms with Crippen molar-refractivity contribution in [3.05, 3.63) is 60.0 Å². The molecule has 0 radical (unpaired) electrons. The molecule has 0 amide bonds. The first-order valence-corrected chi connectivity index (χ1v) is 10.6. The van der Waals surface area contributed by atoms with Crippen LogP contribution >= 0.6 is 0 Å². The number of hydrogen-bond donors (Lipinski definition) is 1. The topological polar surface area (TPSA) is 94.3 Å². The van der Waals surface area contributed by atoms with Gasteiger partial charge in [-0.1, -0.05) is 23.4 Å². The van der Waals surface area contributed by atoms with Crippen molar-refractivity contribution in [1.82, 2.24) is 14.9 Å². The van der Waals surface area contributed by atoms with Crippen molar-refractivity contribution in [3.8, 4) is 0 Å². The van der Waals surface area contributed by atoms with Gasteiger partial charge in [0.25, 0.3) is 0 Å². The van der Waals surface area contributed by atoms with Gasteiger partial charge >= 0.3 is 0 Å². The van der Waals surface area contributed by atoms with Gasteiger partial charge in [0.15, 0.2) is 5.58 Å². The zero-order valence-electron chi connectivity index (χ0n) is 14.7. The molecule has 0 unspecified atom stereocenters. The summed E-state index contributed by atoms with van der Waals surface area (Å²) in [6.45, 7) is 1.27. The maximum absolute atomic E-state index is 12.9. The maximum atomic E-state index is 12.9. The molecule has 142 valence electrons. The summed E-state index contributed by atoms with van der Waals surface area (Å²) in [5.41, 5.74) is 1.85. The molecule has 1 saturated heterocycles. The van der Waals surface area contributed by atoms with E-state index < -0.39 is 10.0 Å². The molecule has 1 aliphatic heterocycles. The summed E-state index contributed by atoms with van der Waals surface area (Å²) in [4.78, 5) is 4.15. The number of nitrogens with zero attached hydrogens (tertiary/aromatic N) is 2. The number of rotatable bonds is 6. The van der Waals surface area contributed by atoms with E-state index in [-0.39, 0.29) is 17.7 Å². The third kappa shape index (κ3) is 4.18. The standard InChI is InChI=1S/C19H21N3O4S/c23-27(24,13-17-16-5-1-2-6-18(16)26-21-17)22-19(14-7-10-25-11-8-14)15-4-3-9-20-12-15/h1-6,9,12,14,19,22H,7-8,10-11,13H2/t19-/m1/s1. The van der Waals surface area contributed by atoms with Gasteiger partial charge in [-0.25, -0.2) is 13.1 Å². The number of pyridine rings is 1. The summed E-state index contributed by atoms with van der Waals surface area (Å²) < 4.78 is 39.4.